The Morgan fingerprint density at radius 2 is 2.37 bits per heavy atom. The van der Waals surface area contributed by atoms with Gasteiger partial charge in [0.05, 0.1) is 12.1 Å². The molecule has 0 fully saturated rings. The van der Waals surface area contributed by atoms with Crippen LogP contribution in [0.3, 0.4) is 0 Å². The summed E-state index contributed by atoms with van der Waals surface area (Å²) in [5.41, 5.74) is 6.57. The van der Waals surface area contributed by atoms with Crippen molar-refractivity contribution in [3.05, 3.63) is 47.2 Å². The second kappa shape index (κ2) is 5.75. The molecule has 6 heteroatoms. The molecule has 0 bridgehead atoms. The van der Waals surface area contributed by atoms with Crippen LogP contribution >= 0.6 is 11.6 Å². The number of halogens is 1. The standard InChI is InChI=1S/C13H15ClN4O/c1-9(8-18-6-2-5-16-18)17-13(19)11-4-3-10(14)7-12(11)15/h2-7,9H,8,15H2,1H3,(H,17,19). The molecule has 1 aromatic heterocycles. The van der Waals surface area contributed by atoms with Crippen molar-refractivity contribution in [2.75, 3.05) is 5.73 Å². The smallest absolute Gasteiger partial charge is 0.253 e. The molecule has 5 nitrogen and oxygen atoms in total. The molecule has 0 saturated heterocycles. The van der Waals surface area contributed by atoms with E-state index in [2.05, 4.69) is 10.4 Å². The molecule has 0 radical (unpaired) electrons. The number of hydrogen-bond acceptors (Lipinski definition) is 3. The molecule has 1 heterocycles. The van der Waals surface area contributed by atoms with Crippen LogP contribution in [0.25, 0.3) is 0 Å². The zero-order chi connectivity index (χ0) is 13.8. The van der Waals surface area contributed by atoms with Crippen molar-refractivity contribution >= 4 is 23.2 Å². The fourth-order valence-electron chi connectivity index (χ4n) is 1.78. The van der Waals surface area contributed by atoms with Crippen LogP contribution in [0, 0.1) is 0 Å². The lowest BCUT2D eigenvalue weighted by Crippen LogP contribution is -2.36. The molecule has 0 aliphatic rings. The average Bonchev–Trinajstić information content (AvgIpc) is 2.81. The van der Waals surface area contributed by atoms with Gasteiger partial charge in [-0.1, -0.05) is 11.6 Å². The zero-order valence-corrected chi connectivity index (χ0v) is 11.3. The fourth-order valence-corrected chi connectivity index (χ4v) is 1.96. The Balaban J connectivity index is 2.00. The van der Waals surface area contributed by atoms with Crippen LogP contribution in [0.5, 0.6) is 0 Å². The monoisotopic (exact) mass is 278 g/mol. The maximum Gasteiger partial charge on any atom is 0.253 e. The highest BCUT2D eigenvalue weighted by molar-refractivity contribution is 6.31. The Kier molecular flexibility index (Phi) is 4.06. The normalized spacial score (nSPS) is 12.1. The van der Waals surface area contributed by atoms with Crippen molar-refractivity contribution in [1.29, 1.82) is 0 Å². The number of nitrogens with zero attached hydrogens (tertiary/aromatic N) is 2. The van der Waals surface area contributed by atoms with Crippen molar-refractivity contribution < 1.29 is 4.79 Å². The van der Waals surface area contributed by atoms with Crippen molar-refractivity contribution in [3.8, 4) is 0 Å². The number of nitrogen functional groups attached to an aromatic ring is 1. The van der Waals surface area contributed by atoms with Gasteiger partial charge in [0.2, 0.25) is 0 Å². The highest BCUT2D eigenvalue weighted by atomic mass is 35.5. The molecule has 2 rings (SSSR count). The van der Waals surface area contributed by atoms with Crippen LogP contribution in [-0.2, 0) is 6.54 Å². The van der Waals surface area contributed by atoms with Crippen molar-refractivity contribution in [2.24, 2.45) is 0 Å². The van der Waals surface area contributed by atoms with Gasteiger partial charge in [-0.2, -0.15) is 5.10 Å². The maximum atomic E-state index is 12.1. The predicted octanol–water partition coefficient (Wildman–Crippen LogP) is 1.94. The minimum atomic E-state index is -0.214. The quantitative estimate of drug-likeness (QED) is 0.840. The number of rotatable bonds is 4. The van der Waals surface area contributed by atoms with Crippen LogP contribution in [0.15, 0.2) is 36.7 Å². The second-order valence-electron chi connectivity index (χ2n) is 4.33. The summed E-state index contributed by atoms with van der Waals surface area (Å²) in [5, 5.41) is 7.47. The number of carbonyl (C=O) groups excluding carboxylic acids is 1. The van der Waals surface area contributed by atoms with Crippen LogP contribution in [0.1, 0.15) is 17.3 Å². The molecular weight excluding hydrogens is 264 g/mol. The van der Waals surface area contributed by atoms with E-state index in [1.165, 1.54) is 0 Å². The van der Waals surface area contributed by atoms with Gasteiger partial charge >= 0.3 is 0 Å². The lowest BCUT2D eigenvalue weighted by molar-refractivity contribution is 0.0937. The topological polar surface area (TPSA) is 72.9 Å². The predicted molar refractivity (Wildman–Crippen MR) is 75.0 cm³/mol. The Labute approximate surface area is 116 Å². The summed E-state index contributed by atoms with van der Waals surface area (Å²) in [5.74, 6) is -0.214. The third kappa shape index (κ3) is 3.48. The summed E-state index contributed by atoms with van der Waals surface area (Å²) in [7, 11) is 0. The number of amides is 1. The lowest BCUT2D eigenvalue weighted by atomic mass is 10.1. The number of carbonyl (C=O) groups is 1. The van der Waals surface area contributed by atoms with Crippen LogP contribution < -0.4 is 11.1 Å². The van der Waals surface area contributed by atoms with E-state index in [-0.39, 0.29) is 11.9 Å². The second-order valence-corrected chi connectivity index (χ2v) is 4.77. The van der Waals surface area contributed by atoms with E-state index < -0.39 is 0 Å². The Hall–Kier alpha value is -2.01. The summed E-state index contributed by atoms with van der Waals surface area (Å²) in [4.78, 5) is 12.1. The van der Waals surface area contributed by atoms with E-state index >= 15 is 0 Å². The Bertz CT molecular complexity index is 568. The van der Waals surface area contributed by atoms with Gasteiger partial charge < -0.3 is 11.1 Å². The molecule has 100 valence electrons. The largest absolute Gasteiger partial charge is 0.398 e. The summed E-state index contributed by atoms with van der Waals surface area (Å²) in [6.45, 7) is 2.51. The molecular formula is C13H15ClN4O. The molecule has 3 N–H and O–H groups in total. The number of anilines is 1. The molecule has 0 spiro atoms. The molecule has 2 aromatic rings. The van der Waals surface area contributed by atoms with Crippen molar-refractivity contribution in [2.45, 2.75) is 19.5 Å². The fraction of sp³-hybridized carbons (Fsp3) is 0.231. The first-order valence-electron chi connectivity index (χ1n) is 5.89. The third-order valence-corrected chi connectivity index (χ3v) is 2.89. The van der Waals surface area contributed by atoms with Gasteiger partial charge in [-0.05, 0) is 31.2 Å². The van der Waals surface area contributed by atoms with Gasteiger partial charge in [-0.3, -0.25) is 9.48 Å². The minimum absolute atomic E-state index is 0.0533. The molecule has 0 saturated carbocycles. The molecule has 1 unspecified atom stereocenters. The van der Waals surface area contributed by atoms with E-state index in [1.807, 2.05) is 19.2 Å². The number of nitrogens with one attached hydrogen (secondary N) is 1. The molecule has 1 aromatic carbocycles. The summed E-state index contributed by atoms with van der Waals surface area (Å²) in [6.07, 6.45) is 3.55. The van der Waals surface area contributed by atoms with Gasteiger partial charge in [-0.15, -0.1) is 0 Å². The molecule has 1 amide bonds. The number of aromatic nitrogens is 2. The maximum absolute atomic E-state index is 12.1. The highest BCUT2D eigenvalue weighted by Crippen LogP contribution is 2.17. The van der Waals surface area contributed by atoms with Crippen LogP contribution in [0.2, 0.25) is 5.02 Å². The van der Waals surface area contributed by atoms with E-state index in [0.717, 1.165) is 0 Å². The molecule has 1 atom stereocenters. The first kappa shape index (κ1) is 13.4. The molecule has 19 heavy (non-hydrogen) atoms. The van der Waals surface area contributed by atoms with Gasteiger partial charge in [-0.25, -0.2) is 0 Å². The molecule has 0 aliphatic carbocycles. The van der Waals surface area contributed by atoms with Crippen LogP contribution in [0.4, 0.5) is 5.69 Å². The Morgan fingerprint density at radius 3 is 3.00 bits per heavy atom. The first-order chi connectivity index (χ1) is 9.06. The van der Waals surface area contributed by atoms with E-state index in [9.17, 15) is 4.79 Å². The van der Waals surface area contributed by atoms with E-state index in [1.54, 1.807) is 29.1 Å². The Morgan fingerprint density at radius 1 is 1.58 bits per heavy atom. The first-order valence-corrected chi connectivity index (χ1v) is 6.27. The number of benzene rings is 1. The van der Waals surface area contributed by atoms with Crippen LogP contribution in [-0.4, -0.2) is 21.7 Å². The van der Waals surface area contributed by atoms with Gasteiger partial charge in [0, 0.05) is 29.1 Å². The minimum Gasteiger partial charge on any atom is -0.398 e. The average molecular weight is 279 g/mol. The highest BCUT2D eigenvalue weighted by Gasteiger charge is 2.13. The van der Waals surface area contributed by atoms with Crippen molar-refractivity contribution in [1.82, 2.24) is 15.1 Å². The van der Waals surface area contributed by atoms with E-state index in [0.29, 0.717) is 22.8 Å². The van der Waals surface area contributed by atoms with Gasteiger partial charge in [0.25, 0.3) is 5.91 Å². The SMILES string of the molecule is CC(Cn1cccn1)NC(=O)c1ccc(Cl)cc1N. The summed E-state index contributed by atoms with van der Waals surface area (Å²) < 4.78 is 1.76. The summed E-state index contributed by atoms with van der Waals surface area (Å²) >= 11 is 5.80. The third-order valence-electron chi connectivity index (χ3n) is 2.66. The van der Waals surface area contributed by atoms with Gasteiger partial charge in [0.1, 0.15) is 0 Å². The van der Waals surface area contributed by atoms with Crippen molar-refractivity contribution in [3.63, 3.8) is 0 Å². The van der Waals surface area contributed by atoms with E-state index in [4.69, 9.17) is 17.3 Å². The van der Waals surface area contributed by atoms with Gasteiger partial charge in [0.15, 0.2) is 0 Å². The lowest BCUT2D eigenvalue weighted by Gasteiger charge is -2.15. The zero-order valence-electron chi connectivity index (χ0n) is 10.5. The molecule has 0 aliphatic heterocycles. The number of hydrogen-bond donors (Lipinski definition) is 2. The number of nitrogens with two attached hydrogens (primary N) is 1. The summed E-state index contributed by atoms with van der Waals surface area (Å²) in [6, 6.07) is 6.61.